The third-order valence-corrected chi connectivity index (χ3v) is 3.14. The highest BCUT2D eigenvalue weighted by Crippen LogP contribution is 2.23. The highest BCUT2D eigenvalue weighted by Gasteiger charge is 2.24. The molecule has 5 nitrogen and oxygen atoms in total. The fourth-order valence-electron chi connectivity index (χ4n) is 2.04. The molecule has 1 heterocycles. The summed E-state index contributed by atoms with van der Waals surface area (Å²) in [6.45, 7) is 4.01. The van der Waals surface area contributed by atoms with Crippen LogP contribution in [0.2, 0.25) is 0 Å². The summed E-state index contributed by atoms with van der Waals surface area (Å²) >= 11 is 0. The van der Waals surface area contributed by atoms with E-state index < -0.39 is 11.7 Å². The molecule has 1 aromatic heterocycles. The number of nitrogens with zero attached hydrogens (tertiary/aromatic N) is 2. The van der Waals surface area contributed by atoms with E-state index in [0.29, 0.717) is 24.3 Å². The molecule has 6 heteroatoms. The van der Waals surface area contributed by atoms with Gasteiger partial charge in [0.25, 0.3) is 5.91 Å². The second kappa shape index (κ2) is 5.73. The summed E-state index contributed by atoms with van der Waals surface area (Å²) in [5.74, 6) is -0.862. The van der Waals surface area contributed by atoms with Gasteiger partial charge in [-0.05, 0) is 25.5 Å². The average molecular weight is 276 g/mol. The number of hydrogen-bond acceptors (Lipinski definition) is 3. The number of nitrogen functional groups attached to an aromatic ring is 1. The summed E-state index contributed by atoms with van der Waals surface area (Å²) in [7, 11) is 0. The Morgan fingerprint density at radius 2 is 2.10 bits per heavy atom. The van der Waals surface area contributed by atoms with Crippen molar-refractivity contribution in [1.29, 1.82) is 0 Å². The van der Waals surface area contributed by atoms with Crippen molar-refractivity contribution in [2.75, 3.05) is 17.2 Å². The van der Waals surface area contributed by atoms with Gasteiger partial charge in [0.05, 0.1) is 17.1 Å². The van der Waals surface area contributed by atoms with Crippen LogP contribution in [0.1, 0.15) is 30.0 Å². The number of H-pyrrole nitrogens is 1. The molecule has 0 atom stereocenters. The number of amides is 1. The molecule has 106 valence electrons. The first-order chi connectivity index (χ1) is 9.60. The van der Waals surface area contributed by atoms with Crippen LogP contribution in [-0.4, -0.2) is 22.6 Å². The van der Waals surface area contributed by atoms with E-state index in [4.69, 9.17) is 5.73 Å². The molecule has 0 aliphatic carbocycles. The Morgan fingerprint density at radius 1 is 1.40 bits per heavy atom. The fraction of sp³-hybridized carbons (Fsp3) is 0.286. The maximum Gasteiger partial charge on any atom is 0.281 e. The van der Waals surface area contributed by atoms with Crippen LogP contribution in [0.15, 0.2) is 24.3 Å². The molecule has 0 saturated carbocycles. The summed E-state index contributed by atoms with van der Waals surface area (Å²) in [5.41, 5.74) is 7.28. The maximum atomic E-state index is 13.8. The van der Waals surface area contributed by atoms with Crippen LogP contribution >= 0.6 is 0 Å². The Kier molecular flexibility index (Phi) is 4.02. The Labute approximate surface area is 116 Å². The minimum Gasteiger partial charge on any atom is -0.395 e. The summed E-state index contributed by atoms with van der Waals surface area (Å²) in [5, 5.41) is 6.68. The van der Waals surface area contributed by atoms with Gasteiger partial charge in [0.15, 0.2) is 5.69 Å². The first kappa shape index (κ1) is 14.0. The monoisotopic (exact) mass is 276 g/mol. The molecule has 20 heavy (non-hydrogen) atoms. The zero-order chi connectivity index (χ0) is 14.7. The number of nitrogens with one attached hydrogen (secondary N) is 1. The number of aryl methyl sites for hydroxylation is 1. The summed E-state index contributed by atoms with van der Waals surface area (Å²) < 4.78 is 13.8. The number of hydrogen-bond donors (Lipinski definition) is 2. The van der Waals surface area contributed by atoms with Crippen molar-refractivity contribution in [2.45, 2.75) is 20.3 Å². The molecular formula is C14H17FN4O. The minimum absolute atomic E-state index is 0.131. The Morgan fingerprint density at radius 3 is 2.65 bits per heavy atom. The van der Waals surface area contributed by atoms with E-state index >= 15 is 0 Å². The molecule has 0 aliphatic rings. The fourth-order valence-corrected chi connectivity index (χ4v) is 2.04. The highest BCUT2D eigenvalue weighted by atomic mass is 19.1. The van der Waals surface area contributed by atoms with E-state index in [-0.39, 0.29) is 11.4 Å². The number of benzene rings is 1. The van der Waals surface area contributed by atoms with E-state index in [9.17, 15) is 9.18 Å². The van der Waals surface area contributed by atoms with Crippen LogP contribution in [0.4, 0.5) is 15.8 Å². The first-order valence-corrected chi connectivity index (χ1v) is 6.49. The molecule has 0 unspecified atom stereocenters. The predicted molar refractivity (Wildman–Crippen MR) is 76.1 cm³/mol. The third kappa shape index (κ3) is 2.36. The number of carbonyl (C=O) groups excluding carboxylic acids is 1. The normalized spacial score (nSPS) is 10.6. The van der Waals surface area contributed by atoms with Gasteiger partial charge in [-0.15, -0.1) is 0 Å². The average Bonchev–Trinajstić information content (AvgIpc) is 2.82. The number of para-hydroxylation sites is 1. The van der Waals surface area contributed by atoms with Crippen molar-refractivity contribution in [2.24, 2.45) is 0 Å². The quantitative estimate of drug-likeness (QED) is 0.900. The van der Waals surface area contributed by atoms with E-state index in [1.165, 1.54) is 11.0 Å². The van der Waals surface area contributed by atoms with Crippen molar-refractivity contribution in [3.63, 3.8) is 0 Å². The standard InChI is InChI=1S/C14H17FN4O/c1-3-10-12(16)13(18-17-10)14(20)19(4-2)11-8-6-5-7-9(11)15/h5-8H,3-4,16H2,1-2H3,(H,17,18). The second-order valence-corrected chi connectivity index (χ2v) is 4.32. The molecule has 3 N–H and O–H groups in total. The third-order valence-electron chi connectivity index (χ3n) is 3.14. The number of carbonyl (C=O) groups is 1. The number of aromatic amines is 1. The molecule has 0 aliphatic heterocycles. The summed E-state index contributed by atoms with van der Waals surface area (Å²) in [4.78, 5) is 13.8. The van der Waals surface area contributed by atoms with Gasteiger partial charge in [-0.1, -0.05) is 19.1 Å². The Hall–Kier alpha value is -2.37. The van der Waals surface area contributed by atoms with Crippen molar-refractivity contribution in [1.82, 2.24) is 10.2 Å². The number of anilines is 2. The Bertz CT molecular complexity index is 623. The van der Waals surface area contributed by atoms with Gasteiger partial charge < -0.3 is 10.6 Å². The molecule has 2 aromatic rings. The molecule has 0 saturated heterocycles. The van der Waals surface area contributed by atoms with Gasteiger partial charge in [0.2, 0.25) is 0 Å². The lowest BCUT2D eigenvalue weighted by Gasteiger charge is -2.20. The summed E-state index contributed by atoms with van der Waals surface area (Å²) in [6.07, 6.45) is 0.651. The van der Waals surface area contributed by atoms with Crippen molar-refractivity contribution < 1.29 is 9.18 Å². The van der Waals surface area contributed by atoms with Crippen LogP contribution in [0.5, 0.6) is 0 Å². The topological polar surface area (TPSA) is 75.0 Å². The van der Waals surface area contributed by atoms with Gasteiger partial charge in [0.1, 0.15) is 5.82 Å². The molecular weight excluding hydrogens is 259 g/mol. The van der Waals surface area contributed by atoms with Crippen molar-refractivity contribution in [3.05, 3.63) is 41.5 Å². The zero-order valence-corrected chi connectivity index (χ0v) is 11.5. The smallest absolute Gasteiger partial charge is 0.281 e. The van der Waals surface area contributed by atoms with E-state index in [1.54, 1.807) is 25.1 Å². The van der Waals surface area contributed by atoms with Crippen molar-refractivity contribution >= 4 is 17.3 Å². The lowest BCUT2D eigenvalue weighted by atomic mass is 10.2. The van der Waals surface area contributed by atoms with Crippen LogP contribution < -0.4 is 10.6 Å². The lowest BCUT2D eigenvalue weighted by Crippen LogP contribution is -2.32. The zero-order valence-electron chi connectivity index (χ0n) is 11.5. The molecule has 2 rings (SSSR count). The van der Waals surface area contributed by atoms with E-state index in [1.807, 2.05) is 6.92 Å². The van der Waals surface area contributed by atoms with E-state index in [0.717, 1.165) is 0 Å². The molecule has 0 fully saturated rings. The lowest BCUT2D eigenvalue weighted by molar-refractivity contribution is 0.0983. The molecule has 1 amide bonds. The number of rotatable bonds is 4. The van der Waals surface area contributed by atoms with Crippen molar-refractivity contribution in [3.8, 4) is 0 Å². The largest absolute Gasteiger partial charge is 0.395 e. The number of aromatic nitrogens is 2. The maximum absolute atomic E-state index is 13.8. The first-order valence-electron chi connectivity index (χ1n) is 6.49. The predicted octanol–water partition coefficient (Wildman–Crippen LogP) is 2.36. The van der Waals surface area contributed by atoms with Gasteiger partial charge in [-0.3, -0.25) is 9.89 Å². The molecule has 0 radical (unpaired) electrons. The van der Waals surface area contributed by atoms with Crippen LogP contribution in [0.3, 0.4) is 0 Å². The van der Waals surface area contributed by atoms with Crippen LogP contribution in [0.25, 0.3) is 0 Å². The van der Waals surface area contributed by atoms with Crippen LogP contribution in [0, 0.1) is 5.82 Å². The summed E-state index contributed by atoms with van der Waals surface area (Å²) in [6, 6.07) is 6.13. The van der Waals surface area contributed by atoms with Gasteiger partial charge >= 0.3 is 0 Å². The second-order valence-electron chi connectivity index (χ2n) is 4.32. The van der Waals surface area contributed by atoms with Gasteiger partial charge in [-0.25, -0.2) is 4.39 Å². The minimum atomic E-state index is -0.451. The van der Waals surface area contributed by atoms with Gasteiger partial charge in [-0.2, -0.15) is 5.10 Å². The Balaban J connectivity index is 2.39. The molecule has 0 bridgehead atoms. The number of halogens is 1. The van der Waals surface area contributed by atoms with Crippen LogP contribution in [-0.2, 0) is 6.42 Å². The molecule has 1 aromatic carbocycles. The van der Waals surface area contributed by atoms with Gasteiger partial charge in [0, 0.05) is 6.54 Å². The molecule has 0 spiro atoms. The highest BCUT2D eigenvalue weighted by molar-refractivity contribution is 6.08. The van der Waals surface area contributed by atoms with E-state index in [2.05, 4.69) is 10.2 Å². The SMILES string of the molecule is CCc1[nH]nc(C(=O)N(CC)c2ccccc2F)c1N. The number of nitrogens with two attached hydrogens (primary N) is 1.